The van der Waals surface area contributed by atoms with E-state index < -0.39 is 0 Å². The molecule has 0 radical (unpaired) electrons. The maximum Gasteiger partial charge on any atom is 0.251 e. The molecule has 1 aromatic rings. The molecule has 24 heavy (non-hydrogen) atoms. The maximum absolute atomic E-state index is 12.2. The lowest BCUT2D eigenvalue weighted by atomic mass is 10.0. The monoisotopic (exact) mass is 330 g/mol. The Morgan fingerprint density at radius 2 is 1.71 bits per heavy atom. The first-order valence-corrected chi connectivity index (χ1v) is 9.90. The van der Waals surface area contributed by atoms with Gasteiger partial charge in [0.25, 0.3) is 5.91 Å². The predicted octanol–water partition coefficient (Wildman–Crippen LogP) is 4.46. The number of carbonyl (C=O) groups is 1. The Labute approximate surface area is 147 Å². The van der Waals surface area contributed by atoms with Crippen molar-refractivity contribution in [3.8, 4) is 0 Å². The molecule has 3 heteroatoms. The topological polar surface area (TPSA) is 41.1 Å². The second kappa shape index (κ2) is 11.2. The molecule has 134 valence electrons. The summed E-state index contributed by atoms with van der Waals surface area (Å²) >= 11 is 0. The first kappa shape index (κ1) is 19.0. The number of amides is 1. The van der Waals surface area contributed by atoms with Crippen LogP contribution in [0.5, 0.6) is 0 Å². The van der Waals surface area contributed by atoms with Crippen molar-refractivity contribution in [2.45, 2.75) is 77.2 Å². The Bertz CT molecular complexity index is 463. The molecule has 0 saturated carbocycles. The molecular formula is C21H34N2O. The molecule has 2 N–H and O–H groups in total. The van der Waals surface area contributed by atoms with Crippen LogP contribution in [0.4, 0.5) is 0 Å². The van der Waals surface area contributed by atoms with E-state index in [1.54, 1.807) is 0 Å². The number of nitrogens with one attached hydrogen (secondary N) is 2. The molecule has 0 bridgehead atoms. The fourth-order valence-electron chi connectivity index (χ4n) is 3.33. The van der Waals surface area contributed by atoms with Gasteiger partial charge in [-0.1, -0.05) is 64.0 Å². The molecule has 0 unspecified atom stereocenters. The van der Waals surface area contributed by atoms with Crippen molar-refractivity contribution >= 4 is 5.91 Å². The molecule has 1 atom stereocenters. The van der Waals surface area contributed by atoms with Crippen LogP contribution < -0.4 is 10.6 Å². The molecule has 1 aliphatic rings. The Hall–Kier alpha value is -1.35. The highest BCUT2D eigenvalue weighted by Crippen LogP contribution is 2.12. The Morgan fingerprint density at radius 3 is 2.33 bits per heavy atom. The van der Waals surface area contributed by atoms with Crippen LogP contribution in [0.3, 0.4) is 0 Å². The zero-order valence-electron chi connectivity index (χ0n) is 15.3. The zero-order chi connectivity index (χ0) is 17.0. The minimum Gasteiger partial charge on any atom is -0.348 e. The van der Waals surface area contributed by atoms with Crippen molar-refractivity contribution in [2.24, 2.45) is 0 Å². The van der Waals surface area contributed by atoms with Gasteiger partial charge in [0.05, 0.1) is 0 Å². The van der Waals surface area contributed by atoms with Crippen molar-refractivity contribution < 1.29 is 4.79 Å². The van der Waals surface area contributed by atoms with Crippen LogP contribution >= 0.6 is 0 Å². The lowest BCUT2D eigenvalue weighted by molar-refractivity contribution is 0.0940. The van der Waals surface area contributed by atoms with Crippen molar-refractivity contribution in [1.29, 1.82) is 0 Å². The fraction of sp³-hybridized carbons (Fsp3) is 0.667. The predicted molar refractivity (Wildman–Crippen MR) is 101 cm³/mol. The summed E-state index contributed by atoms with van der Waals surface area (Å²) in [4.78, 5) is 12.2. The molecule has 1 saturated heterocycles. The second-order valence-electron chi connectivity index (χ2n) is 7.08. The molecule has 1 aromatic carbocycles. The first-order valence-electron chi connectivity index (χ1n) is 9.90. The van der Waals surface area contributed by atoms with E-state index in [9.17, 15) is 4.79 Å². The molecule has 0 spiro atoms. The van der Waals surface area contributed by atoms with Gasteiger partial charge in [0.1, 0.15) is 0 Å². The van der Waals surface area contributed by atoms with E-state index in [2.05, 4.69) is 29.7 Å². The Kier molecular flexibility index (Phi) is 8.90. The number of hydrogen-bond donors (Lipinski definition) is 2. The molecule has 0 aliphatic carbocycles. The van der Waals surface area contributed by atoms with Crippen LogP contribution in [-0.2, 0) is 6.42 Å². The number of rotatable bonds is 11. The van der Waals surface area contributed by atoms with Crippen molar-refractivity contribution in [2.75, 3.05) is 13.1 Å². The first-order chi connectivity index (χ1) is 11.8. The smallest absolute Gasteiger partial charge is 0.251 e. The van der Waals surface area contributed by atoms with E-state index in [1.165, 1.54) is 56.9 Å². The lowest BCUT2D eigenvalue weighted by Crippen LogP contribution is -2.36. The van der Waals surface area contributed by atoms with E-state index >= 15 is 0 Å². The van der Waals surface area contributed by atoms with Crippen molar-refractivity contribution in [3.63, 3.8) is 0 Å². The molecule has 0 aromatic heterocycles. The van der Waals surface area contributed by atoms with Gasteiger partial charge >= 0.3 is 0 Å². The van der Waals surface area contributed by atoms with E-state index in [4.69, 9.17) is 0 Å². The number of aryl methyl sites for hydroxylation is 1. The average molecular weight is 331 g/mol. The van der Waals surface area contributed by atoms with Crippen molar-refractivity contribution in [1.82, 2.24) is 10.6 Å². The highest BCUT2D eigenvalue weighted by Gasteiger charge is 2.17. The van der Waals surface area contributed by atoms with E-state index in [0.29, 0.717) is 0 Å². The third kappa shape index (κ3) is 7.04. The minimum atomic E-state index is 0.0577. The summed E-state index contributed by atoms with van der Waals surface area (Å²) in [6.45, 7) is 4.16. The Balaban J connectivity index is 1.60. The SMILES string of the molecule is CCCCCCCCCCc1ccc(C(=O)N[C@H]2CCNC2)cc1. The summed E-state index contributed by atoms with van der Waals surface area (Å²) < 4.78 is 0. The molecule has 3 nitrogen and oxygen atoms in total. The summed E-state index contributed by atoms with van der Waals surface area (Å²) in [6, 6.07) is 8.45. The summed E-state index contributed by atoms with van der Waals surface area (Å²) in [7, 11) is 0. The normalized spacial score (nSPS) is 17.1. The van der Waals surface area contributed by atoms with Crippen LogP contribution in [0.2, 0.25) is 0 Å². The molecule has 1 aliphatic heterocycles. The third-order valence-corrected chi connectivity index (χ3v) is 4.93. The largest absolute Gasteiger partial charge is 0.348 e. The quantitative estimate of drug-likeness (QED) is 0.588. The summed E-state index contributed by atoms with van der Waals surface area (Å²) in [5, 5.41) is 6.37. The molecule has 1 fully saturated rings. The van der Waals surface area contributed by atoms with Gasteiger partial charge in [-0.2, -0.15) is 0 Å². The number of hydrogen-bond acceptors (Lipinski definition) is 2. The third-order valence-electron chi connectivity index (χ3n) is 4.93. The van der Waals surface area contributed by atoms with Gasteiger partial charge in [0, 0.05) is 18.2 Å². The van der Waals surface area contributed by atoms with Crippen LogP contribution in [-0.4, -0.2) is 25.0 Å². The fourth-order valence-corrected chi connectivity index (χ4v) is 3.33. The van der Waals surface area contributed by atoms with Gasteiger partial charge in [0.2, 0.25) is 0 Å². The van der Waals surface area contributed by atoms with Crippen LogP contribution in [0.1, 0.15) is 80.6 Å². The number of benzene rings is 1. The van der Waals surface area contributed by atoms with E-state index in [1.807, 2.05) is 12.1 Å². The van der Waals surface area contributed by atoms with E-state index in [0.717, 1.165) is 31.5 Å². The highest BCUT2D eigenvalue weighted by molar-refractivity contribution is 5.94. The lowest BCUT2D eigenvalue weighted by Gasteiger charge is -2.11. The molecule has 2 rings (SSSR count). The van der Waals surface area contributed by atoms with Gasteiger partial charge in [-0.3, -0.25) is 4.79 Å². The minimum absolute atomic E-state index is 0.0577. The van der Waals surface area contributed by atoms with Gasteiger partial charge < -0.3 is 10.6 Å². The van der Waals surface area contributed by atoms with Crippen molar-refractivity contribution in [3.05, 3.63) is 35.4 Å². The zero-order valence-corrected chi connectivity index (χ0v) is 15.3. The summed E-state index contributed by atoms with van der Waals surface area (Å²) in [5.74, 6) is 0.0577. The molecule has 1 amide bonds. The maximum atomic E-state index is 12.2. The van der Waals surface area contributed by atoms with Gasteiger partial charge in [-0.05, 0) is 43.5 Å². The van der Waals surface area contributed by atoms with Gasteiger partial charge in [-0.15, -0.1) is 0 Å². The average Bonchev–Trinajstić information content (AvgIpc) is 3.11. The van der Waals surface area contributed by atoms with Gasteiger partial charge in [0.15, 0.2) is 0 Å². The van der Waals surface area contributed by atoms with Crippen LogP contribution in [0.15, 0.2) is 24.3 Å². The standard InChI is InChI=1S/C21H34N2O/c1-2-3-4-5-6-7-8-9-10-18-11-13-19(14-12-18)21(24)23-20-15-16-22-17-20/h11-14,20,22H,2-10,15-17H2,1H3,(H,23,24)/t20-/m0/s1. The van der Waals surface area contributed by atoms with Gasteiger partial charge in [-0.25, -0.2) is 0 Å². The van der Waals surface area contributed by atoms with Crippen LogP contribution in [0.25, 0.3) is 0 Å². The molecule has 1 heterocycles. The summed E-state index contributed by atoms with van der Waals surface area (Å²) in [5.41, 5.74) is 2.13. The number of carbonyl (C=O) groups excluding carboxylic acids is 1. The van der Waals surface area contributed by atoms with E-state index in [-0.39, 0.29) is 11.9 Å². The molecular weight excluding hydrogens is 296 g/mol. The Morgan fingerprint density at radius 1 is 1.04 bits per heavy atom. The number of unbranched alkanes of at least 4 members (excludes halogenated alkanes) is 7. The highest BCUT2D eigenvalue weighted by atomic mass is 16.1. The van der Waals surface area contributed by atoms with Crippen LogP contribution in [0, 0.1) is 0 Å². The second-order valence-corrected chi connectivity index (χ2v) is 7.08. The summed E-state index contributed by atoms with van der Waals surface area (Å²) in [6.07, 6.45) is 13.0.